The maximum absolute atomic E-state index is 12.7. The molecule has 0 atom stereocenters. The molecule has 1 aliphatic rings. The molecule has 3 rings (SSSR count). The largest absolute Gasteiger partial charge is 0.481 e. The van der Waals surface area contributed by atoms with E-state index < -0.39 is 12.6 Å². The summed E-state index contributed by atoms with van der Waals surface area (Å²) in [7, 11) is 0. The molecule has 0 aliphatic carbocycles. The average Bonchev–Trinajstić information content (AvgIpc) is 3.23. The van der Waals surface area contributed by atoms with Crippen LogP contribution in [0.2, 0.25) is 0 Å². The van der Waals surface area contributed by atoms with Crippen LogP contribution in [0.3, 0.4) is 0 Å². The van der Waals surface area contributed by atoms with E-state index in [1.165, 1.54) is 23.1 Å². The Morgan fingerprint density at radius 1 is 1.42 bits per heavy atom. The smallest absolute Gasteiger partial charge is 0.341 e. The Morgan fingerprint density at radius 2 is 2.23 bits per heavy atom. The van der Waals surface area contributed by atoms with Crippen molar-refractivity contribution in [3.8, 4) is 5.75 Å². The summed E-state index contributed by atoms with van der Waals surface area (Å²) in [5.74, 6) is -0.807. The number of carbonyl (C=O) groups is 2. The number of thioether (sulfide) groups is 1. The van der Waals surface area contributed by atoms with Gasteiger partial charge in [-0.05, 0) is 30.8 Å². The molecule has 1 amide bonds. The molecule has 26 heavy (non-hydrogen) atoms. The Bertz CT molecular complexity index is 878. The van der Waals surface area contributed by atoms with Gasteiger partial charge in [0.2, 0.25) is 5.13 Å². The molecule has 0 spiro atoms. The van der Waals surface area contributed by atoms with Crippen LogP contribution in [0, 0.1) is 0 Å². The van der Waals surface area contributed by atoms with Gasteiger partial charge in [-0.3, -0.25) is 9.69 Å². The lowest BCUT2D eigenvalue weighted by Crippen LogP contribution is -2.28. The lowest BCUT2D eigenvalue weighted by Gasteiger charge is -2.11. The summed E-state index contributed by atoms with van der Waals surface area (Å²) in [4.78, 5) is 34.0. The number of rotatable bonds is 6. The van der Waals surface area contributed by atoms with Gasteiger partial charge in [-0.1, -0.05) is 18.2 Å². The van der Waals surface area contributed by atoms with Gasteiger partial charge in [-0.15, -0.1) is 11.3 Å². The molecule has 1 aromatic heterocycles. The van der Waals surface area contributed by atoms with Gasteiger partial charge in [0.25, 0.3) is 5.91 Å². The monoisotopic (exact) mass is 389 g/mol. The molecule has 0 bridgehead atoms. The quantitative estimate of drug-likeness (QED) is 0.763. The molecular formula is C17H15N3O4S2. The van der Waals surface area contributed by atoms with Gasteiger partial charge in [0.05, 0.1) is 4.91 Å². The second kappa shape index (κ2) is 8.15. The van der Waals surface area contributed by atoms with E-state index in [-0.39, 0.29) is 5.91 Å². The number of hydrogen-bond acceptors (Lipinski definition) is 7. The van der Waals surface area contributed by atoms with Gasteiger partial charge in [-0.25, -0.2) is 9.78 Å². The number of carboxylic acid groups (broad SMARTS) is 1. The van der Waals surface area contributed by atoms with Crippen molar-refractivity contribution in [1.29, 1.82) is 0 Å². The van der Waals surface area contributed by atoms with Gasteiger partial charge >= 0.3 is 5.97 Å². The Hall–Kier alpha value is -2.65. The predicted octanol–water partition coefficient (Wildman–Crippen LogP) is 3.23. The summed E-state index contributed by atoms with van der Waals surface area (Å²) in [6.07, 6.45) is 3.35. The zero-order valence-corrected chi connectivity index (χ0v) is 15.4. The van der Waals surface area contributed by atoms with Gasteiger partial charge in [-0.2, -0.15) is 4.99 Å². The number of carboxylic acids is 1. The molecule has 2 heterocycles. The number of hydrogen-bond donors (Lipinski definition) is 1. The molecule has 2 aromatic rings. The Morgan fingerprint density at radius 3 is 2.92 bits per heavy atom. The van der Waals surface area contributed by atoms with E-state index in [9.17, 15) is 9.59 Å². The predicted molar refractivity (Wildman–Crippen MR) is 102 cm³/mol. The minimum atomic E-state index is -1.06. The molecule has 0 unspecified atom stereocenters. The van der Waals surface area contributed by atoms with Crippen molar-refractivity contribution >= 4 is 51.4 Å². The van der Waals surface area contributed by atoms with E-state index in [2.05, 4.69) is 9.98 Å². The molecule has 7 nitrogen and oxygen atoms in total. The highest BCUT2D eigenvalue weighted by molar-refractivity contribution is 8.18. The first kappa shape index (κ1) is 18.2. The molecule has 1 aliphatic heterocycles. The summed E-state index contributed by atoms with van der Waals surface area (Å²) < 4.78 is 5.29. The number of aliphatic carboxylic acids is 1. The average molecular weight is 389 g/mol. The molecule has 134 valence electrons. The first-order chi connectivity index (χ1) is 12.6. The normalized spacial score (nSPS) is 17.3. The fourth-order valence-electron chi connectivity index (χ4n) is 2.24. The van der Waals surface area contributed by atoms with Crippen molar-refractivity contribution in [3.63, 3.8) is 0 Å². The third kappa shape index (κ3) is 4.12. The van der Waals surface area contributed by atoms with Crippen molar-refractivity contribution in [2.45, 2.75) is 6.92 Å². The van der Waals surface area contributed by atoms with Crippen LogP contribution in [-0.4, -0.2) is 45.2 Å². The molecule has 0 radical (unpaired) electrons. The molecule has 1 fully saturated rings. The number of ether oxygens (including phenoxy) is 1. The lowest BCUT2D eigenvalue weighted by atomic mass is 10.2. The molecule has 1 N–H and O–H groups in total. The lowest BCUT2D eigenvalue weighted by molar-refractivity contribution is -0.139. The molecule has 1 aromatic carbocycles. The minimum Gasteiger partial charge on any atom is -0.481 e. The first-order valence-corrected chi connectivity index (χ1v) is 9.41. The number of benzene rings is 1. The van der Waals surface area contributed by atoms with E-state index in [1.807, 2.05) is 12.3 Å². The number of likely N-dealkylation sites (N-methyl/N-ethyl adjacent to an activating group) is 1. The number of aliphatic imine (C=N–C) groups is 1. The summed E-state index contributed by atoms with van der Waals surface area (Å²) in [5.41, 5.74) is 0.635. The van der Waals surface area contributed by atoms with E-state index >= 15 is 0 Å². The topological polar surface area (TPSA) is 92.1 Å². The van der Waals surface area contributed by atoms with Crippen LogP contribution in [-0.2, 0) is 9.59 Å². The van der Waals surface area contributed by atoms with E-state index in [0.29, 0.717) is 33.1 Å². The van der Waals surface area contributed by atoms with Gasteiger partial charge < -0.3 is 9.84 Å². The van der Waals surface area contributed by atoms with Gasteiger partial charge in [0, 0.05) is 23.7 Å². The number of amides is 1. The van der Waals surface area contributed by atoms with Crippen molar-refractivity contribution < 1.29 is 19.4 Å². The molecule has 9 heteroatoms. The number of nitrogens with zero attached hydrogens (tertiary/aromatic N) is 3. The third-order valence-electron chi connectivity index (χ3n) is 3.37. The van der Waals surface area contributed by atoms with Crippen LogP contribution in [0.5, 0.6) is 5.75 Å². The fraction of sp³-hybridized carbons (Fsp3) is 0.176. The summed E-state index contributed by atoms with van der Waals surface area (Å²) in [5, 5.41) is 11.8. The van der Waals surface area contributed by atoms with Crippen LogP contribution in [0.1, 0.15) is 12.5 Å². The van der Waals surface area contributed by atoms with Crippen LogP contribution < -0.4 is 4.74 Å². The Balaban J connectivity index is 1.90. The number of aromatic nitrogens is 1. The van der Waals surface area contributed by atoms with Crippen molar-refractivity contribution in [1.82, 2.24) is 9.88 Å². The molecule has 0 saturated carbocycles. The summed E-state index contributed by atoms with van der Waals surface area (Å²) >= 11 is 2.66. The van der Waals surface area contributed by atoms with Crippen LogP contribution in [0.4, 0.5) is 5.13 Å². The van der Waals surface area contributed by atoms with Crippen molar-refractivity contribution in [3.05, 3.63) is 46.3 Å². The molecular weight excluding hydrogens is 374 g/mol. The first-order valence-electron chi connectivity index (χ1n) is 7.71. The van der Waals surface area contributed by atoms with Crippen molar-refractivity contribution in [2.75, 3.05) is 13.2 Å². The van der Waals surface area contributed by atoms with Gasteiger partial charge in [0.1, 0.15) is 5.75 Å². The second-order valence-corrected chi connectivity index (χ2v) is 6.97. The summed E-state index contributed by atoms with van der Waals surface area (Å²) in [6.45, 7) is 1.92. The standard InChI is InChI=1S/C17H15N3O4S2/c1-2-20-15(23)13(26-17(20)19-16-18-7-8-25-16)9-11-5-3-4-6-12(11)24-10-14(21)22/h3-9H,2,10H2,1H3,(H,21,22)/b13-9+,19-17+. The number of carbonyl (C=O) groups excluding carboxylic acids is 1. The highest BCUT2D eigenvalue weighted by Gasteiger charge is 2.32. The highest BCUT2D eigenvalue weighted by Crippen LogP contribution is 2.35. The third-order valence-corrected chi connectivity index (χ3v) is 5.04. The van der Waals surface area contributed by atoms with Crippen molar-refractivity contribution in [2.24, 2.45) is 4.99 Å². The van der Waals surface area contributed by atoms with Crippen LogP contribution >= 0.6 is 23.1 Å². The maximum atomic E-state index is 12.7. The number of thiazole rings is 1. The Kier molecular flexibility index (Phi) is 5.69. The van der Waals surface area contributed by atoms with E-state index in [1.54, 1.807) is 41.4 Å². The minimum absolute atomic E-state index is 0.152. The highest BCUT2D eigenvalue weighted by atomic mass is 32.2. The zero-order valence-electron chi connectivity index (χ0n) is 13.8. The second-order valence-electron chi connectivity index (χ2n) is 5.09. The SMILES string of the molecule is CCN1C(=O)/C(=C\c2ccccc2OCC(=O)O)S/C1=N/c1nccs1. The summed E-state index contributed by atoms with van der Waals surface area (Å²) in [6, 6.07) is 6.98. The van der Waals surface area contributed by atoms with E-state index in [4.69, 9.17) is 9.84 Å². The van der Waals surface area contributed by atoms with Crippen LogP contribution in [0.15, 0.2) is 45.7 Å². The maximum Gasteiger partial charge on any atom is 0.341 e. The number of amidine groups is 1. The van der Waals surface area contributed by atoms with Gasteiger partial charge in [0.15, 0.2) is 11.8 Å². The molecule has 1 saturated heterocycles. The zero-order chi connectivity index (χ0) is 18.5. The van der Waals surface area contributed by atoms with Crippen LogP contribution in [0.25, 0.3) is 6.08 Å². The fourth-order valence-corrected chi connectivity index (χ4v) is 3.83. The Labute approximate surface area is 158 Å². The number of para-hydroxylation sites is 1. The van der Waals surface area contributed by atoms with E-state index in [0.717, 1.165) is 0 Å².